The molecule has 6 nitrogen and oxygen atoms in total. The monoisotopic (exact) mass is 386 g/mol. The van der Waals surface area contributed by atoms with Gasteiger partial charge in [0.15, 0.2) is 0 Å². The molecule has 1 aromatic carbocycles. The van der Waals surface area contributed by atoms with Crippen LogP contribution >= 0.6 is 0 Å². The van der Waals surface area contributed by atoms with Gasteiger partial charge in [0.05, 0.1) is 13.1 Å². The van der Waals surface area contributed by atoms with Gasteiger partial charge in [-0.3, -0.25) is 19.4 Å². The number of nitrogens with one attached hydrogen (secondary N) is 1. The number of carbonyl (C=O) groups is 2. The maximum atomic E-state index is 12.7. The number of carbonyl (C=O) groups excluding carboxylic acids is 2. The number of hydrogen-bond donors (Lipinski definition) is 1. The molecule has 1 N–H and O–H groups in total. The van der Waals surface area contributed by atoms with Gasteiger partial charge in [0.25, 0.3) is 0 Å². The zero-order valence-electron chi connectivity index (χ0n) is 17.5. The summed E-state index contributed by atoms with van der Waals surface area (Å²) in [7, 11) is 0. The highest BCUT2D eigenvalue weighted by molar-refractivity contribution is 5.92. The highest BCUT2D eigenvalue weighted by atomic mass is 16.2. The Kier molecular flexibility index (Phi) is 7.08. The number of piperidine rings is 1. The van der Waals surface area contributed by atoms with Crippen molar-refractivity contribution in [1.29, 1.82) is 0 Å². The van der Waals surface area contributed by atoms with E-state index in [0.29, 0.717) is 24.9 Å². The molecule has 6 heteroatoms. The number of piperazine rings is 1. The molecule has 0 aromatic heterocycles. The van der Waals surface area contributed by atoms with Crippen LogP contribution in [0.4, 0.5) is 5.69 Å². The van der Waals surface area contributed by atoms with E-state index in [1.54, 1.807) is 0 Å². The maximum Gasteiger partial charge on any atom is 0.238 e. The number of likely N-dealkylation sites (tertiary alicyclic amines) is 1. The van der Waals surface area contributed by atoms with Gasteiger partial charge in [0.1, 0.15) is 0 Å². The molecule has 2 aliphatic heterocycles. The average Bonchev–Trinajstić information content (AvgIpc) is 2.62. The lowest BCUT2D eigenvalue weighted by Gasteiger charge is -2.38. The number of benzene rings is 1. The summed E-state index contributed by atoms with van der Waals surface area (Å²) in [6.45, 7) is 12.5. The van der Waals surface area contributed by atoms with E-state index in [2.05, 4.69) is 29.0 Å². The number of hydrogen-bond acceptors (Lipinski definition) is 4. The van der Waals surface area contributed by atoms with Gasteiger partial charge in [-0.2, -0.15) is 0 Å². The fourth-order valence-corrected chi connectivity index (χ4v) is 4.39. The number of aryl methyl sites for hydroxylation is 1. The van der Waals surface area contributed by atoms with E-state index in [1.165, 1.54) is 6.42 Å². The van der Waals surface area contributed by atoms with Crippen molar-refractivity contribution < 1.29 is 9.59 Å². The summed E-state index contributed by atoms with van der Waals surface area (Å²) in [5, 5.41) is 2.97. The third kappa shape index (κ3) is 6.04. The van der Waals surface area contributed by atoms with Gasteiger partial charge < -0.3 is 10.2 Å². The van der Waals surface area contributed by atoms with Crippen molar-refractivity contribution in [3.05, 3.63) is 29.8 Å². The first kappa shape index (κ1) is 20.8. The van der Waals surface area contributed by atoms with E-state index in [9.17, 15) is 9.59 Å². The number of amides is 2. The van der Waals surface area contributed by atoms with Crippen LogP contribution in [0.3, 0.4) is 0 Å². The van der Waals surface area contributed by atoms with Crippen molar-refractivity contribution >= 4 is 17.5 Å². The molecule has 0 radical (unpaired) electrons. The van der Waals surface area contributed by atoms with Crippen molar-refractivity contribution in [2.75, 3.05) is 57.7 Å². The minimum Gasteiger partial charge on any atom is -0.341 e. The molecule has 2 saturated heterocycles. The van der Waals surface area contributed by atoms with Crippen LogP contribution < -0.4 is 5.32 Å². The largest absolute Gasteiger partial charge is 0.341 e. The predicted octanol–water partition coefficient (Wildman–Crippen LogP) is 2.06. The molecular weight excluding hydrogens is 352 g/mol. The van der Waals surface area contributed by atoms with E-state index < -0.39 is 0 Å². The van der Waals surface area contributed by atoms with Gasteiger partial charge in [-0.05, 0) is 42.9 Å². The summed E-state index contributed by atoms with van der Waals surface area (Å²) in [5.74, 6) is 1.46. The lowest BCUT2D eigenvalue weighted by molar-refractivity contribution is -0.135. The lowest BCUT2D eigenvalue weighted by atomic mass is 9.92. The second kappa shape index (κ2) is 9.52. The van der Waals surface area contributed by atoms with Crippen molar-refractivity contribution in [3.63, 3.8) is 0 Å². The quantitative estimate of drug-likeness (QED) is 0.842. The van der Waals surface area contributed by atoms with Crippen LogP contribution in [-0.2, 0) is 9.59 Å². The highest BCUT2D eigenvalue weighted by Crippen LogP contribution is 2.21. The van der Waals surface area contributed by atoms with Crippen LogP contribution in [0.2, 0.25) is 0 Å². The SMILES string of the molecule is Cc1cccc(NC(=O)CN2CCN(CC(=O)N3C[C@H](C)C[C@H](C)C3)CC2)c1. The Morgan fingerprint density at radius 3 is 2.21 bits per heavy atom. The van der Waals surface area contributed by atoms with E-state index in [0.717, 1.165) is 50.5 Å². The normalized spacial score (nSPS) is 24.2. The zero-order chi connectivity index (χ0) is 20.1. The van der Waals surface area contributed by atoms with Crippen molar-refractivity contribution in [2.45, 2.75) is 27.2 Å². The molecule has 2 heterocycles. The molecule has 0 saturated carbocycles. The Balaban J connectivity index is 1.39. The van der Waals surface area contributed by atoms with Crippen LogP contribution in [0.15, 0.2) is 24.3 Å². The molecule has 0 spiro atoms. The number of nitrogens with zero attached hydrogens (tertiary/aromatic N) is 3. The minimum atomic E-state index is 0.0198. The average molecular weight is 387 g/mol. The highest BCUT2D eigenvalue weighted by Gasteiger charge is 2.27. The maximum absolute atomic E-state index is 12.7. The summed E-state index contributed by atoms with van der Waals surface area (Å²) in [6.07, 6.45) is 1.22. The zero-order valence-corrected chi connectivity index (χ0v) is 17.5. The predicted molar refractivity (Wildman–Crippen MR) is 112 cm³/mol. The Bertz CT molecular complexity index is 675. The number of anilines is 1. The van der Waals surface area contributed by atoms with Crippen LogP contribution in [0.5, 0.6) is 0 Å². The van der Waals surface area contributed by atoms with Gasteiger partial charge in [0.2, 0.25) is 11.8 Å². The van der Waals surface area contributed by atoms with Gasteiger partial charge in [0, 0.05) is 45.0 Å². The molecule has 0 unspecified atom stereocenters. The lowest BCUT2D eigenvalue weighted by Crippen LogP contribution is -2.52. The Morgan fingerprint density at radius 2 is 1.61 bits per heavy atom. The van der Waals surface area contributed by atoms with Crippen molar-refractivity contribution in [3.8, 4) is 0 Å². The summed E-state index contributed by atoms with van der Waals surface area (Å²) in [5.41, 5.74) is 1.98. The molecule has 2 fully saturated rings. The molecule has 0 aliphatic carbocycles. The standard InChI is InChI=1S/C22H34N4O2/c1-17-5-4-6-20(12-17)23-21(27)15-24-7-9-25(10-8-24)16-22(28)26-13-18(2)11-19(3)14-26/h4-6,12,18-19H,7-11,13-16H2,1-3H3,(H,23,27)/t18-,19+. The van der Waals surface area contributed by atoms with Gasteiger partial charge in [-0.1, -0.05) is 26.0 Å². The molecule has 2 atom stereocenters. The van der Waals surface area contributed by atoms with E-state index in [-0.39, 0.29) is 11.8 Å². The third-order valence-electron chi connectivity index (χ3n) is 5.71. The minimum absolute atomic E-state index is 0.0198. The number of rotatable bonds is 5. The Labute approximate surface area is 168 Å². The third-order valence-corrected chi connectivity index (χ3v) is 5.71. The molecular formula is C22H34N4O2. The first-order valence-corrected chi connectivity index (χ1v) is 10.5. The second-order valence-electron chi connectivity index (χ2n) is 8.71. The molecule has 1 aromatic rings. The van der Waals surface area contributed by atoms with Gasteiger partial charge in [-0.15, -0.1) is 0 Å². The van der Waals surface area contributed by atoms with E-state index >= 15 is 0 Å². The summed E-state index contributed by atoms with van der Waals surface area (Å²) >= 11 is 0. The molecule has 154 valence electrons. The van der Waals surface area contributed by atoms with Crippen LogP contribution in [0.25, 0.3) is 0 Å². The second-order valence-corrected chi connectivity index (χ2v) is 8.71. The molecule has 28 heavy (non-hydrogen) atoms. The molecule has 2 aliphatic rings. The molecule has 3 rings (SSSR count). The van der Waals surface area contributed by atoms with Gasteiger partial charge >= 0.3 is 0 Å². The Hall–Kier alpha value is -1.92. The van der Waals surface area contributed by atoms with Crippen LogP contribution in [0, 0.1) is 18.8 Å². The van der Waals surface area contributed by atoms with E-state index in [4.69, 9.17) is 0 Å². The van der Waals surface area contributed by atoms with Crippen molar-refractivity contribution in [2.24, 2.45) is 11.8 Å². The van der Waals surface area contributed by atoms with Crippen LogP contribution in [-0.4, -0.2) is 78.9 Å². The first-order valence-electron chi connectivity index (χ1n) is 10.5. The van der Waals surface area contributed by atoms with Crippen LogP contribution in [0.1, 0.15) is 25.8 Å². The topological polar surface area (TPSA) is 55.9 Å². The fraction of sp³-hybridized carbons (Fsp3) is 0.636. The summed E-state index contributed by atoms with van der Waals surface area (Å²) in [6, 6.07) is 7.85. The Morgan fingerprint density at radius 1 is 1.00 bits per heavy atom. The van der Waals surface area contributed by atoms with Crippen molar-refractivity contribution in [1.82, 2.24) is 14.7 Å². The van der Waals surface area contributed by atoms with Gasteiger partial charge in [-0.25, -0.2) is 0 Å². The fourth-order valence-electron chi connectivity index (χ4n) is 4.39. The smallest absolute Gasteiger partial charge is 0.238 e. The molecule has 2 amide bonds. The summed E-state index contributed by atoms with van der Waals surface area (Å²) in [4.78, 5) is 31.4. The summed E-state index contributed by atoms with van der Waals surface area (Å²) < 4.78 is 0. The first-order chi connectivity index (χ1) is 13.4. The van der Waals surface area contributed by atoms with E-state index in [1.807, 2.05) is 36.1 Å². The molecule has 0 bridgehead atoms.